The molecule has 0 spiro atoms. The quantitative estimate of drug-likeness (QED) is 0.600. The molecule has 1 aliphatic rings. The van der Waals surface area contributed by atoms with Gasteiger partial charge in [0.25, 0.3) is 0 Å². The lowest BCUT2D eigenvalue weighted by Crippen LogP contribution is -2.37. The summed E-state index contributed by atoms with van der Waals surface area (Å²) in [5.41, 5.74) is 5.09. The number of hydrogen-bond acceptors (Lipinski definition) is 3. The molecule has 4 heteroatoms. The third kappa shape index (κ3) is 2.46. The molecule has 1 aliphatic heterocycles. The molecule has 0 aliphatic carbocycles. The first-order chi connectivity index (χ1) is 5.74. The highest BCUT2D eigenvalue weighted by atomic mass is 16.5. The Morgan fingerprint density at radius 2 is 2.50 bits per heavy atom. The van der Waals surface area contributed by atoms with Crippen molar-refractivity contribution in [3.05, 3.63) is 6.42 Å². The number of aliphatic hydroxyl groups is 1. The summed E-state index contributed by atoms with van der Waals surface area (Å²) in [6, 6.07) is 0. The first-order valence-electron chi connectivity index (χ1n) is 4.09. The van der Waals surface area contributed by atoms with E-state index in [1.807, 2.05) is 0 Å². The molecule has 0 aromatic heterocycles. The normalized spacial score (nSPS) is 30.1. The second kappa shape index (κ2) is 4.42. The third-order valence-electron chi connectivity index (χ3n) is 2.08. The number of ether oxygens (including phenoxy) is 1. The highest BCUT2D eigenvalue weighted by molar-refractivity contribution is 5.78. The first-order valence-corrected chi connectivity index (χ1v) is 4.09. The molecule has 0 aromatic rings. The lowest BCUT2D eigenvalue weighted by Gasteiger charge is -2.26. The maximum atomic E-state index is 10.7. The van der Waals surface area contributed by atoms with Crippen LogP contribution in [0.25, 0.3) is 0 Å². The topological polar surface area (TPSA) is 72.6 Å². The SMILES string of the molecule is NC(=O)C1CC([CH]CO)CCO1. The van der Waals surface area contributed by atoms with Gasteiger partial charge in [-0.15, -0.1) is 0 Å². The van der Waals surface area contributed by atoms with E-state index in [-0.39, 0.29) is 12.5 Å². The molecule has 2 unspecified atom stereocenters. The fourth-order valence-corrected chi connectivity index (χ4v) is 1.38. The Bertz CT molecular complexity index is 158. The van der Waals surface area contributed by atoms with Crippen molar-refractivity contribution in [1.82, 2.24) is 0 Å². The summed E-state index contributed by atoms with van der Waals surface area (Å²) in [6.45, 7) is 0.602. The van der Waals surface area contributed by atoms with Crippen LogP contribution in [0.4, 0.5) is 0 Å². The summed E-state index contributed by atoms with van der Waals surface area (Å²) >= 11 is 0. The van der Waals surface area contributed by atoms with E-state index in [1.165, 1.54) is 0 Å². The molecule has 12 heavy (non-hydrogen) atoms. The molecule has 1 radical (unpaired) electrons. The van der Waals surface area contributed by atoms with Crippen LogP contribution in [0.2, 0.25) is 0 Å². The molecule has 69 valence electrons. The number of nitrogens with two attached hydrogens (primary N) is 1. The average molecular weight is 172 g/mol. The standard InChI is InChI=1S/C8H14NO3/c9-8(11)7-5-6(1-3-10)2-4-12-7/h1,6-7,10H,2-5H2,(H2,9,11). The molecule has 1 fully saturated rings. The second-order valence-electron chi connectivity index (χ2n) is 2.96. The van der Waals surface area contributed by atoms with Gasteiger partial charge in [0, 0.05) is 13.2 Å². The van der Waals surface area contributed by atoms with Crippen molar-refractivity contribution in [2.24, 2.45) is 11.7 Å². The van der Waals surface area contributed by atoms with Crippen molar-refractivity contribution in [3.63, 3.8) is 0 Å². The Hall–Kier alpha value is -0.610. The van der Waals surface area contributed by atoms with Gasteiger partial charge in [-0.1, -0.05) is 0 Å². The number of amides is 1. The lowest BCUT2D eigenvalue weighted by molar-refractivity contribution is -0.133. The van der Waals surface area contributed by atoms with E-state index in [0.717, 1.165) is 6.42 Å². The number of primary amides is 1. The van der Waals surface area contributed by atoms with Crippen LogP contribution >= 0.6 is 0 Å². The van der Waals surface area contributed by atoms with Crippen LogP contribution in [0.3, 0.4) is 0 Å². The van der Waals surface area contributed by atoms with E-state index < -0.39 is 12.0 Å². The molecular formula is C8H14NO3. The van der Waals surface area contributed by atoms with E-state index in [2.05, 4.69) is 0 Å². The van der Waals surface area contributed by atoms with Gasteiger partial charge in [0.05, 0.1) is 0 Å². The van der Waals surface area contributed by atoms with Crippen LogP contribution in [-0.2, 0) is 9.53 Å². The van der Waals surface area contributed by atoms with Crippen LogP contribution in [-0.4, -0.2) is 30.3 Å². The summed E-state index contributed by atoms with van der Waals surface area (Å²) in [6.07, 6.45) is 2.80. The van der Waals surface area contributed by atoms with E-state index >= 15 is 0 Å². The fourth-order valence-electron chi connectivity index (χ4n) is 1.38. The molecule has 0 aromatic carbocycles. The maximum Gasteiger partial charge on any atom is 0.246 e. The molecule has 3 N–H and O–H groups in total. The van der Waals surface area contributed by atoms with Gasteiger partial charge in [-0.05, 0) is 25.2 Å². The highest BCUT2D eigenvalue weighted by Crippen LogP contribution is 2.21. The van der Waals surface area contributed by atoms with Gasteiger partial charge in [0.1, 0.15) is 6.10 Å². The zero-order valence-electron chi connectivity index (χ0n) is 6.90. The number of hydrogen-bond donors (Lipinski definition) is 2. The largest absolute Gasteiger partial charge is 0.396 e. The predicted octanol–water partition coefficient (Wildman–Crippen LogP) is -0.537. The van der Waals surface area contributed by atoms with Crippen LogP contribution in [0.15, 0.2) is 0 Å². The van der Waals surface area contributed by atoms with Crippen molar-refractivity contribution in [1.29, 1.82) is 0 Å². The highest BCUT2D eigenvalue weighted by Gasteiger charge is 2.25. The zero-order valence-corrected chi connectivity index (χ0v) is 6.90. The van der Waals surface area contributed by atoms with Crippen LogP contribution in [0.1, 0.15) is 12.8 Å². The maximum absolute atomic E-state index is 10.7. The lowest BCUT2D eigenvalue weighted by atomic mass is 9.92. The van der Waals surface area contributed by atoms with Crippen molar-refractivity contribution >= 4 is 5.91 Å². The molecule has 0 bridgehead atoms. The molecular weight excluding hydrogens is 158 g/mol. The Morgan fingerprint density at radius 1 is 1.75 bits per heavy atom. The van der Waals surface area contributed by atoms with Crippen molar-refractivity contribution < 1.29 is 14.6 Å². The summed E-state index contributed by atoms with van der Waals surface area (Å²) in [7, 11) is 0. The molecule has 0 saturated carbocycles. The number of rotatable bonds is 3. The Balaban J connectivity index is 2.35. The van der Waals surface area contributed by atoms with Gasteiger partial charge in [0.15, 0.2) is 0 Å². The minimum absolute atomic E-state index is 0.0517. The molecule has 1 rings (SSSR count). The smallest absolute Gasteiger partial charge is 0.246 e. The van der Waals surface area contributed by atoms with Crippen LogP contribution < -0.4 is 5.73 Å². The van der Waals surface area contributed by atoms with E-state index in [9.17, 15) is 4.79 Å². The van der Waals surface area contributed by atoms with E-state index in [4.69, 9.17) is 15.6 Å². The first kappa shape index (κ1) is 9.48. The molecule has 1 heterocycles. The van der Waals surface area contributed by atoms with Gasteiger partial charge in [-0.25, -0.2) is 0 Å². The van der Waals surface area contributed by atoms with E-state index in [1.54, 1.807) is 6.42 Å². The average Bonchev–Trinajstić information content (AvgIpc) is 2.05. The van der Waals surface area contributed by atoms with Gasteiger partial charge in [0.2, 0.25) is 5.91 Å². The van der Waals surface area contributed by atoms with Crippen molar-refractivity contribution in [3.8, 4) is 0 Å². The van der Waals surface area contributed by atoms with Gasteiger partial charge >= 0.3 is 0 Å². The Labute approximate surface area is 71.7 Å². The minimum Gasteiger partial charge on any atom is -0.396 e. The number of carbonyl (C=O) groups is 1. The second-order valence-corrected chi connectivity index (χ2v) is 2.96. The summed E-state index contributed by atoms with van der Waals surface area (Å²) in [5, 5.41) is 8.63. The zero-order chi connectivity index (χ0) is 8.97. The van der Waals surface area contributed by atoms with Crippen LogP contribution in [0, 0.1) is 12.3 Å². The fraction of sp³-hybridized carbons (Fsp3) is 0.750. The molecule has 4 nitrogen and oxygen atoms in total. The van der Waals surface area contributed by atoms with Crippen LogP contribution in [0.5, 0.6) is 0 Å². The van der Waals surface area contributed by atoms with Crippen molar-refractivity contribution in [2.75, 3.05) is 13.2 Å². The molecule has 2 atom stereocenters. The van der Waals surface area contributed by atoms with E-state index in [0.29, 0.717) is 13.0 Å². The summed E-state index contributed by atoms with van der Waals surface area (Å²) < 4.78 is 5.14. The minimum atomic E-state index is -0.466. The predicted molar refractivity (Wildman–Crippen MR) is 43.0 cm³/mol. The Kier molecular flexibility index (Phi) is 3.49. The summed E-state index contributed by atoms with van der Waals surface area (Å²) in [5.74, 6) is -0.146. The summed E-state index contributed by atoms with van der Waals surface area (Å²) in [4.78, 5) is 10.7. The third-order valence-corrected chi connectivity index (χ3v) is 2.08. The molecule has 1 saturated heterocycles. The Morgan fingerprint density at radius 3 is 3.08 bits per heavy atom. The molecule has 1 amide bonds. The monoisotopic (exact) mass is 172 g/mol. The van der Waals surface area contributed by atoms with Crippen molar-refractivity contribution in [2.45, 2.75) is 18.9 Å². The number of aliphatic hydroxyl groups excluding tert-OH is 1. The van der Waals surface area contributed by atoms with Gasteiger partial charge in [-0.3, -0.25) is 4.79 Å². The number of carbonyl (C=O) groups excluding carboxylic acids is 1. The van der Waals surface area contributed by atoms with Gasteiger partial charge < -0.3 is 15.6 Å². The van der Waals surface area contributed by atoms with Gasteiger partial charge in [-0.2, -0.15) is 0 Å².